The Kier molecular flexibility index (Phi) is 8.59. The van der Waals surface area contributed by atoms with Crippen LogP contribution in [0.4, 0.5) is 5.69 Å². The Morgan fingerprint density at radius 3 is 2.40 bits per heavy atom. The highest BCUT2D eigenvalue weighted by molar-refractivity contribution is 9.09. The lowest BCUT2D eigenvalue weighted by Gasteiger charge is -2.39. The number of likely N-dealkylation sites (N-methyl/N-ethyl adjacent to an activating group) is 1. The van der Waals surface area contributed by atoms with E-state index in [1.807, 2.05) is 30.3 Å². The molecule has 3 heterocycles. The van der Waals surface area contributed by atoms with Crippen molar-refractivity contribution in [2.24, 2.45) is 11.8 Å². The van der Waals surface area contributed by atoms with Crippen LogP contribution in [0.2, 0.25) is 0 Å². The number of ether oxygens (including phenoxy) is 2. The smallest absolute Gasteiger partial charge is 0.253 e. The number of carbonyl (C=O) groups excluding carboxylic acids is 3. The first kappa shape index (κ1) is 30.0. The van der Waals surface area contributed by atoms with Crippen LogP contribution in [-0.4, -0.2) is 89.1 Å². The Morgan fingerprint density at radius 2 is 1.81 bits per heavy atom. The fourth-order valence-corrected chi connectivity index (χ4v) is 7.84. The van der Waals surface area contributed by atoms with Crippen molar-refractivity contribution in [3.8, 4) is 5.75 Å². The summed E-state index contributed by atoms with van der Waals surface area (Å²) in [6.45, 7) is 7.67. The normalized spacial score (nSPS) is 28.2. The van der Waals surface area contributed by atoms with Gasteiger partial charge in [-0.05, 0) is 36.2 Å². The van der Waals surface area contributed by atoms with Crippen LogP contribution >= 0.6 is 15.9 Å². The number of anilines is 1. The van der Waals surface area contributed by atoms with Crippen LogP contribution in [0.25, 0.3) is 0 Å². The predicted molar refractivity (Wildman–Crippen MR) is 162 cm³/mol. The fourth-order valence-electron chi connectivity index (χ4n) is 6.89. The van der Waals surface area contributed by atoms with Gasteiger partial charge >= 0.3 is 0 Å². The van der Waals surface area contributed by atoms with Crippen LogP contribution in [0.1, 0.15) is 18.0 Å². The lowest BCUT2D eigenvalue weighted by atomic mass is 9.70. The Bertz CT molecular complexity index is 1350. The van der Waals surface area contributed by atoms with Gasteiger partial charge in [0.2, 0.25) is 11.8 Å². The summed E-state index contributed by atoms with van der Waals surface area (Å²) >= 11 is 3.72. The molecule has 2 aromatic rings. The molecule has 9 nitrogen and oxygen atoms in total. The van der Waals surface area contributed by atoms with Gasteiger partial charge in [0.1, 0.15) is 17.4 Å². The van der Waals surface area contributed by atoms with E-state index in [1.165, 1.54) is 9.80 Å². The van der Waals surface area contributed by atoms with Crippen LogP contribution in [0.3, 0.4) is 0 Å². The van der Waals surface area contributed by atoms with E-state index in [1.54, 1.807) is 55.5 Å². The van der Waals surface area contributed by atoms with Gasteiger partial charge in [-0.3, -0.25) is 14.4 Å². The lowest BCUT2D eigenvalue weighted by Crippen LogP contribution is -2.57. The first-order valence-corrected chi connectivity index (χ1v) is 14.9. The molecule has 0 saturated carbocycles. The number of aliphatic hydroxyl groups is 1. The predicted octanol–water partition coefficient (Wildman–Crippen LogP) is 3.34. The van der Waals surface area contributed by atoms with E-state index < -0.39 is 42.2 Å². The molecular formula is C32H36BrN3O6. The zero-order valence-electron chi connectivity index (χ0n) is 23.8. The van der Waals surface area contributed by atoms with Gasteiger partial charge in [0, 0.05) is 30.7 Å². The highest BCUT2D eigenvalue weighted by atomic mass is 79.9. The maximum atomic E-state index is 14.8. The third kappa shape index (κ3) is 4.75. The van der Waals surface area contributed by atoms with E-state index in [4.69, 9.17) is 9.47 Å². The van der Waals surface area contributed by atoms with Gasteiger partial charge in [-0.15, -0.1) is 13.2 Å². The van der Waals surface area contributed by atoms with E-state index in [0.29, 0.717) is 30.0 Å². The van der Waals surface area contributed by atoms with Gasteiger partial charge in [0.25, 0.3) is 5.91 Å². The second-order valence-corrected chi connectivity index (χ2v) is 12.1. The van der Waals surface area contributed by atoms with Crippen molar-refractivity contribution in [1.82, 2.24) is 9.80 Å². The van der Waals surface area contributed by atoms with E-state index in [2.05, 4.69) is 29.1 Å². The molecule has 5 rings (SSSR count). The van der Waals surface area contributed by atoms with Crippen molar-refractivity contribution in [2.75, 3.05) is 38.8 Å². The van der Waals surface area contributed by atoms with Gasteiger partial charge < -0.3 is 29.3 Å². The van der Waals surface area contributed by atoms with E-state index in [-0.39, 0.29) is 29.1 Å². The lowest BCUT2D eigenvalue weighted by molar-refractivity contribution is -0.147. The number of rotatable bonds is 11. The number of alkyl halides is 1. The number of hydrogen-bond acceptors (Lipinski definition) is 6. The van der Waals surface area contributed by atoms with Crippen molar-refractivity contribution in [3.63, 3.8) is 0 Å². The number of amides is 3. The first-order valence-electron chi connectivity index (χ1n) is 14.0. The molecule has 3 amide bonds. The molecule has 0 radical (unpaired) electrons. The summed E-state index contributed by atoms with van der Waals surface area (Å²) in [6, 6.07) is 14.3. The molecule has 0 aromatic heterocycles. The minimum absolute atomic E-state index is 0.172. The van der Waals surface area contributed by atoms with Gasteiger partial charge in [0.15, 0.2) is 0 Å². The third-order valence-electron chi connectivity index (χ3n) is 8.68. The maximum Gasteiger partial charge on any atom is 0.253 e. The number of fused-ring (bicyclic) bond motifs is 1. The molecule has 0 aliphatic carbocycles. The van der Waals surface area contributed by atoms with Crippen molar-refractivity contribution >= 4 is 39.3 Å². The summed E-state index contributed by atoms with van der Waals surface area (Å²) in [5, 5.41) is 10.7. The number of aliphatic hydroxyl groups excluding tert-OH is 1. The zero-order valence-corrected chi connectivity index (χ0v) is 25.4. The number of benzene rings is 2. The van der Waals surface area contributed by atoms with E-state index in [0.717, 1.165) is 0 Å². The van der Waals surface area contributed by atoms with Gasteiger partial charge in [0.05, 0.1) is 37.7 Å². The molecule has 10 heteroatoms. The number of hydrogen-bond donors (Lipinski definition) is 1. The Morgan fingerprint density at radius 1 is 1.14 bits per heavy atom. The SMILES string of the molecule is C=CCN(C)C(=O)[C@H]1[C@@H]2OC3(CC2Br)C(C(=O)N(CC=C)c2ccc(OC)cc2)N([C@H](CO)c2ccccc2)C(=O)[C@H]13. The Hall–Kier alpha value is -3.47. The third-order valence-corrected chi connectivity index (χ3v) is 9.52. The molecule has 3 aliphatic rings. The Labute approximate surface area is 254 Å². The monoisotopic (exact) mass is 637 g/mol. The first-order chi connectivity index (χ1) is 20.2. The van der Waals surface area contributed by atoms with Crippen LogP contribution in [0, 0.1) is 11.8 Å². The number of nitrogens with zero attached hydrogens (tertiary/aromatic N) is 3. The van der Waals surface area contributed by atoms with Gasteiger partial charge in [-0.2, -0.15) is 0 Å². The van der Waals surface area contributed by atoms with Crippen molar-refractivity contribution < 1.29 is 29.0 Å². The van der Waals surface area contributed by atoms with Crippen LogP contribution in [0.15, 0.2) is 79.9 Å². The maximum absolute atomic E-state index is 14.8. The molecule has 2 bridgehead atoms. The fraction of sp³-hybridized carbons (Fsp3) is 0.406. The molecule has 222 valence electrons. The summed E-state index contributed by atoms with van der Waals surface area (Å²) in [5.74, 6) is -2.06. The van der Waals surface area contributed by atoms with Crippen LogP contribution in [0.5, 0.6) is 5.75 Å². The van der Waals surface area contributed by atoms with Gasteiger partial charge in [-0.25, -0.2) is 0 Å². The second kappa shape index (κ2) is 12.0. The second-order valence-electron chi connectivity index (χ2n) is 11.0. The van der Waals surface area contributed by atoms with Crippen molar-refractivity contribution in [3.05, 3.63) is 85.5 Å². The topological polar surface area (TPSA) is 99.6 Å². The minimum atomic E-state index is -1.28. The highest BCUT2D eigenvalue weighted by Crippen LogP contribution is 2.61. The standard InChI is InChI=1S/C32H36BrN3O6/c1-5-16-34(3)29(38)25-26-30(39)36(24(19-37)20-10-8-7-9-11-20)28(32(26)18-23(33)27(25)42-32)31(40)35(17-6-2)21-12-14-22(41-4)15-13-21/h5-15,23-28,37H,1-2,16-19H2,3-4H3/t23?,24-,25-,26+,27-,28?,32?/m1/s1. The average molecular weight is 639 g/mol. The molecule has 1 N–H and O–H groups in total. The average Bonchev–Trinajstić information content (AvgIpc) is 3.60. The number of halogens is 1. The number of likely N-dealkylation sites (tertiary alicyclic amines) is 1. The van der Waals surface area contributed by atoms with Gasteiger partial charge in [-0.1, -0.05) is 58.4 Å². The molecule has 3 fully saturated rings. The summed E-state index contributed by atoms with van der Waals surface area (Å²) in [6.07, 6.45) is 3.01. The van der Waals surface area contributed by atoms with E-state index >= 15 is 0 Å². The summed E-state index contributed by atoms with van der Waals surface area (Å²) in [4.78, 5) is 47.5. The molecule has 3 saturated heterocycles. The largest absolute Gasteiger partial charge is 0.497 e. The molecule has 42 heavy (non-hydrogen) atoms. The van der Waals surface area contributed by atoms with Crippen molar-refractivity contribution in [2.45, 2.75) is 35.0 Å². The molecule has 2 aromatic carbocycles. The van der Waals surface area contributed by atoms with Crippen LogP contribution in [-0.2, 0) is 19.1 Å². The minimum Gasteiger partial charge on any atom is -0.497 e. The van der Waals surface area contributed by atoms with Crippen LogP contribution < -0.4 is 9.64 Å². The van der Waals surface area contributed by atoms with Crippen molar-refractivity contribution in [1.29, 1.82) is 0 Å². The van der Waals surface area contributed by atoms with E-state index in [9.17, 15) is 19.5 Å². The number of methoxy groups -OCH3 is 1. The summed E-state index contributed by atoms with van der Waals surface area (Å²) in [5.41, 5.74) is -0.00972. The molecule has 3 unspecified atom stereocenters. The zero-order chi connectivity index (χ0) is 30.2. The molecule has 7 atom stereocenters. The molecular weight excluding hydrogens is 602 g/mol. The quantitative estimate of drug-likeness (QED) is 0.300. The molecule has 1 spiro atoms. The molecule has 3 aliphatic heterocycles. The number of carbonyl (C=O) groups is 3. The summed E-state index contributed by atoms with van der Waals surface area (Å²) < 4.78 is 12.0. The summed E-state index contributed by atoms with van der Waals surface area (Å²) in [7, 11) is 3.23. The Balaban J connectivity index is 1.65. The highest BCUT2D eigenvalue weighted by Gasteiger charge is 2.77.